The summed E-state index contributed by atoms with van der Waals surface area (Å²) < 4.78 is 5.67. The van der Waals surface area contributed by atoms with Gasteiger partial charge in [-0.05, 0) is 12.1 Å². The first-order valence-corrected chi connectivity index (χ1v) is 5.22. The van der Waals surface area contributed by atoms with Gasteiger partial charge in [0, 0.05) is 10.6 Å². The zero-order valence-electron chi connectivity index (χ0n) is 7.76. The van der Waals surface area contributed by atoms with E-state index in [1.165, 1.54) is 6.08 Å². The number of cyclic esters (lactones) is 1. The van der Waals surface area contributed by atoms with Gasteiger partial charge >= 0.3 is 5.97 Å². The average Bonchev–Trinajstić information content (AvgIpc) is 2.56. The number of aliphatic imine (C=N–C) groups is 1. The molecule has 1 heterocycles. The summed E-state index contributed by atoms with van der Waals surface area (Å²) >= 11 is 3.24. The largest absolute Gasteiger partial charge is 0.448 e. The Morgan fingerprint density at radius 3 is 2.67 bits per heavy atom. The second-order valence-electron chi connectivity index (χ2n) is 3.00. The van der Waals surface area contributed by atoms with Crippen LogP contribution in [0.1, 0.15) is 0 Å². The van der Waals surface area contributed by atoms with E-state index in [4.69, 9.17) is 4.74 Å². The molecule has 2 rings (SSSR count). The maximum absolute atomic E-state index is 10.9. The molecular weight excluding hydrogens is 258 g/mol. The van der Waals surface area contributed by atoms with Gasteiger partial charge < -0.3 is 4.74 Å². The fourth-order valence-electron chi connectivity index (χ4n) is 1.18. The molecule has 0 fully saturated rings. The van der Waals surface area contributed by atoms with Crippen molar-refractivity contribution in [3.63, 3.8) is 0 Å². The molecule has 1 aromatic carbocycles. The lowest BCUT2D eigenvalue weighted by Gasteiger charge is -2.03. The van der Waals surface area contributed by atoms with Crippen LogP contribution in [0.3, 0.4) is 0 Å². The Balaban J connectivity index is 2.07. The Kier molecular flexibility index (Phi) is 2.97. The highest BCUT2D eigenvalue weighted by atomic mass is 79.9. The van der Waals surface area contributed by atoms with Crippen molar-refractivity contribution < 1.29 is 9.53 Å². The van der Waals surface area contributed by atoms with Crippen LogP contribution in [0.4, 0.5) is 5.69 Å². The van der Waals surface area contributed by atoms with Crippen molar-refractivity contribution in [2.75, 3.05) is 0 Å². The number of esters is 1. The van der Waals surface area contributed by atoms with Crippen molar-refractivity contribution in [1.29, 1.82) is 0 Å². The lowest BCUT2D eigenvalue weighted by atomic mass is 10.3. The summed E-state index contributed by atoms with van der Waals surface area (Å²) in [5.41, 5.74) is 0.834. The Morgan fingerprint density at radius 2 is 2.07 bits per heavy atom. The molecule has 76 valence electrons. The van der Waals surface area contributed by atoms with Crippen LogP contribution >= 0.6 is 15.9 Å². The third-order valence-corrected chi connectivity index (χ3v) is 2.57. The number of hydrogen-bond acceptors (Lipinski definition) is 3. The van der Waals surface area contributed by atoms with E-state index in [-0.39, 0.29) is 5.97 Å². The van der Waals surface area contributed by atoms with Crippen molar-refractivity contribution in [3.8, 4) is 0 Å². The highest BCUT2D eigenvalue weighted by Gasteiger charge is 2.22. The standard InChI is InChI=1S/C11H8BrNO2/c12-9-6-11(14)15-10(9)7-13-8-4-2-1-3-5-8/h1-7,10H. The Bertz CT molecular complexity index is 425. The fourth-order valence-corrected chi connectivity index (χ4v) is 1.58. The van der Waals surface area contributed by atoms with Gasteiger partial charge in [-0.2, -0.15) is 0 Å². The molecule has 1 unspecified atom stereocenters. The first kappa shape index (κ1) is 10.1. The van der Waals surface area contributed by atoms with E-state index in [0.29, 0.717) is 4.48 Å². The molecule has 0 aromatic heterocycles. The van der Waals surface area contributed by atoms with Crippen molar-refractivity contribution in [2.45, 2.75) is 6.10 Å². The van der Waals surface area contributed by atoms with Crippen molar-refractivity contribution in [2.24, 2.45) is 4.99 Å². The maximum atomic E-state index is 10.9. The quantitative estimate of drug-likeness (QED) is 0.609. The monoisotopic (exact) mass is 265 g/mol. The molecular formula is C11H8BrNO2. The molecule has 0 saturated carbocycles. The molecule has 15 heavy (non-hydrogen) atoms. The number of para-hydroxylation sites is 1. The molecule has 0 amide bonds. The summed E-state index contributed by atoms with van der Waals surface area (Å²) in [5, 5.41) is 0. The van der Waals surface area contributed by atoms with Crippen LogP contribution in [0.2, 0.25) is 0 Å². The topological polar surface area (TPSA) is 38.7 Å². The number of carbonyl (C=O) groups is 1. The number of halogens is 1. The van der Waals surface area contributed by atoms with Gasteiger partial charge in [0.2, 0.25) is 0 Å². The Morgan fingerprint density at radius 1 is 1.33 bits per heavy atom. The summed E-state index contributed by atoms with van der Waals surface area (Å²) in [6.07, 6.45) is 2.61. The van der Waals surface area contributed by atoms with E-state index < -0.39 is 6.10 Å². The molecule has 1 aromatic rings. The molecule has 1 atom stereocenters. The fraction of sp³-hybridized carbons (Fsp3) is 0.0909. The highest BCUT2D eigenvalue weighted by Crippen LogP contribution is 2.20. The van der Waals surface area contributed by atoms with Crippen LogP contribution in [-0.4, -0.2) is 18.3 Å². The predicted molar refractivity (Wildman–Crippen MR) is 61.5 cm³/mol. The van der Waals surface area contributed by atoms with Gasteiger partial charge in [-0.15, -0.1) is 0 Å². The van der Waals surface area contributed by atoms with Gasteiger partial charge in [0.25, 0.3) is 0 Å². The molecule has 0 N–H and O–H groups in total. The predicted octanol–water partition coefficient (Wildman–Crippen LogP) is 2.59. The van der Waals surface area contributed by atoms with Crippen LogP contribution < -0.4 is 0 Å². The number of nitrogens with zero attached hydrogens (tertiary/aromatic N) is 1. The highest BCUT2D eigenvalue weighted by molar-refractivity contribution is 9.11. The van der Waals surface area contributed by atoms with Crippen LogP contribution in [0.15, 0.2) is 45.9 Å². The molecule has 0 bridgehead atoms. The van der Waals surface area contributed by atoms with E-state index in [0.717, 1.165) is 5.69 Å². The number of rotatable bonds is 2. The molecule has 4 heteroatoms. The van der Waals surface area contributed by atoms with Crippen molar-refractivity contribution in [1.82, 2.24) is 0 Å². The zero-order chi connectivity index (χ0) is 10.7. The molecule has 0 saturated heterocycles. The second-order valence-corrected chi connectivity index (χ2v) is 3.92. The van der Waals surface area contributed by atoms with Gasteiger partial charge in [-0.3, -0.25) is 4.99 Å². The minimum atomic E-state index is -0.391. The SMILES string of the molecule is O=C1C=C(Br)C(C=Nc2ccccc2)O1. The molecule has 0 aliphatic carbocycles. The molecule has 0 spiro atoms. The van der Waals surface area contributed by atoms with E-state index in [1.54, 1.807) is 6.21 Å². The maximum Gasteiger partial charge on any atom is 0.332 e. The number of ether oxygens (including phenoxy) is 1. The molecule has 0 radical (unpaired) electrons. The number of benzene rings is 1. The normalized spacial score (nSPS) is 20.5. The summed E-state index contributed by atoms with van der Waals surface area (Å²) in [7, 11) is 0. The van der Waals surface area contributed by atoms with Crippen LogP contribution in [0, 0.1) is 0 Å². The zero-order valence-corrected chi connectivity index (χ0v) is 9.35. The first-order valence-electron chi connectivity index (χ1n) is 4.42. The molecule has 3 nitrogen and oxygen atoms in total. The summed E-state index contributed by atoms with van der Waals surface area (Å²) in [4.78, 5) is 15.1. The van der Waals surface area contributed by atoms with Crippen LogP contribution in [0.25, 0.3) is 0 Å². The van der Waals surface area contributed by atoms with Gasteiger partial charge in [0.1, 0.15) is 0 Å². The first-order chi connectivity index (χ1) is 7.25. The van der Waals surface area contributed by atoms with Crippen LogP contribution in [-0.2, 0) is 9.53 Å². The van der Waals surface area contributed by atoms with Crippen molar-refractivity contribution >= 4 is 33.8 Å². The summed E-state index contributed by atoms with van der Waals surface area (Å²) in [5.74, 6) is -0.341. The van der Waals surface area contributed by atoms with E-state index in [1.807, 2.05) is 30.3 Å². The van der Waals surface area contributed by atoms with Gasteiger partial charge in [0.15, 0.2) is 6.10 Å². The van der Waals surface area contributed by atoms with Gasteiger partial charge in [-0.1, -0.05) is 34.1 Å². The van der Waals surface area contributed by atoms with E-state index in [2.05, 4.69) is 20.9 Å². The minimum absolute atomic E-state index is 0.341. The Hall–Kier alpha value is -1.42. The summed E-state index contributed by atoms with van der Waals surface area (Å²) in [6.45, 7) is 0. The average molecular weight is 266 g/mol. The second kappa shape index (κ2) is 4.40. The third kappa shape index (κ3) is 2.53. The van der Waals surface area contributed by atoms with Gasteiger partial charge in [-0.25, -0.2) is 4.79 Å². The van der Waals surface area contributed by atoms with E-state index >= 15 is 0 Å². The lowest BCUT2D eigenvalue weighted by Crippen LogP contribution is -2.10. The van der Waals surface area contributed by atoms with E-state index in [9.17, 15) is 4.79 Å². The third-order valence-electron chi connectivity index (χ3n) is 1.89. The Labute approximate surface area is 95.6 Å². The summed E-state index contributed by atoms with van der Waals surface area (Å²) in [6, 6.07) is 9.48. The molecule has 1 aliphatic heterocycles. The number of carbonyl (C=O) groups excluding carboxylic acids is 1. The van der Waals surface area contributed by atoms with Crippen molar-refractivity contribution in [3.05, 3.63) is 40.9 Å². The van der Waals surface area contributed by atoms with Gasteiger partial charge in [0.05, 0.1) is 11.9 Å². The lowest BCUT2D eigenvalue weighted by molar-refractivity contribution is -0.136. The molecule has 1 aliphatic rings. The number of hydrogen-bond donors (Lipinski definition) is 0. The smallest absolute Gasteiger partial charge is 0.332 e. The minimum Gasteiger partial charge on any atom is -0.448 e. The van der Waals surface area contributed by atoms with Crippen LogP contribution in [0.5, 0.6) is 0 Å².